The molecule has 3 rings (SSSR count). The van der Waals surface area contributed by atoms with Crippen LogP contribution in [-0.2, 0) is 0 Å². The van der Waals surface area contributed by atoms with Crippen LogP contribution in [0.4, 0.5) is 0 Å². The number of ketones is 1. The van der Waals surface area contributed by atoms with E-state index in [0.29, 0.717) is 35.3 Å². The van der Waals surface area contributed by atoms with E-state index in [0.717, 1.165) is 17.7 Å². The highest BCUT2D eigenvalue weighted by Gasteiger charge is 2.28. The van der Waals surface area contributed by atoms with Crippen molar-refractivity contribution < 1.29 is 19.1 Å². The molecular weight excluding hydrogens is 318 g/mol. The zero-order valence-electron chi connectivity index (χ0n) is 14.9. The van der Waals surface area contributed by atoms with E-state index >= 15 is 0 Å². The number of nitrogens with zero attached hydrogens (tertiary/aromatic N) is 1. The number of ether oxygens (including phenoxy) is 2. The molecule has 0 amide bonds. The SMILES string of the molecule is CCOc1cc(C=O)ccc1OCC(=O)c1cc(C)n(C2CC2)c1C. The molecule has 1 aromatic heterocycles. The summed E-state index contributed by atoms with van der Waals surface area (Å²) in [7, 11) is 0. The molecule has 0 atom stereocenters. The number of Topliss-reactive ketones (excluding diaryl/α,β-unsaturated/α-hetero) is 1. The number of aryl methyl sites for hydroxylation is 1. The van der Waals surface area contributed by atoms with E-state index in [1.807, 2.05) is 26.8 Å². The van der Waals surface area contributed by atoms with Gasteiger partial charge in [-0.05, 0) is 57.9 Å². The molecule has 1 fully saturated rings. The molecule has 1 aliphatic carbocycles. The van der Waals surface area contributed by atoms with Crippen molar-refractivity contribution in [3.05, 3.63) is 46.8 Å². The van der Waals surface area contributed by atoms with Crippen LogP contribution < -0.4 is 9.47 Å². The van der Waals surface area contributed by atoms with Crippen LogP contribution >= 0.6 is 0 Å². The number of aldehydes is 1. The molecule has 1 aromatic carbocycles. The molecule has 25 heavy (non-hydrogen) atoms. The molecule has 0 radical (unpaired) electrons. The summed E-state index contributed by atoms with van der Waals surface area (Å²) < 4.78 is 13.4. The number of hydrogen-bond donors (Lipinski definition) is 0. The predicted molar refractivity (Wildman–Crippen MR) is 95.0 cm³/mol. The highest BCUT2D eigenvalue weighted by atomic mass is 16.5. The van der Waals surface area contributed by atoms with Crippen molar-refractivity contribution in [1.29, 1.82) is 0 Å². The highest BCUT2D eigenvalue weighted by Crippen LogP contribution is 2.38. The molecule has 0 aliphatic heterocycles. The van der Waals surface area contributed by atoms with Crippen LogP contribution in [0.2, 0.25) is 0 Å². The fraction of sp³-hybridized carbons (Fsp3) is 0.400. The quantitative estimate of drug-likeness (QED) is 0.539. The third-order valence-electron chi connectivity index (χ3n) is 4.46. The topological polar surface area (TPSA) is 57.5 Å². The van der Waals surface area contributed by atoms with E-state index in [1.165, 1.54) is 12.8 Å². The van der Waals surface area contributed by atoms with E-state index in [2.05, 4.69) is 4.57 Å². The molecule has 0 bridgehead atoms. The van der Waals surface area contributed by atoms with E-state index in [4.69, 9.17) is 9.47 Å². The van der Waals surface area contributed by atoms with Crippen LogP contribution in [0.15, 0.2) is 24.3 Å². The van der Waals surface area contributed by atoms with Crippen LogP contribution in [0.1, 0.15) is 57.9 Å². The largest absolute Gasteiger partial charge is 0.490 e. The molecule has 5 heteroatoms. The second-order valence-electron chi connectivity index (χ2n) is 6.35. The minimum absolute atomic E-state index is 0.0538. The fourth-order valence-corrected chi connectivity index (χ4v) is 3.16. The Bertz CT molecular complexity index is 802. The maximum absolute atomic E-state index is 12.6. The van der Waals surface area contributed by atoms with Gasteiger partial charge in [0.05, 0.1) is 6.61 Å². The Balaban J connectivity index is 1.74. The van der Waals surface area contributed by atoms with Gasteiger partial charge in [-0.15, -0.1) is 0 Å². The van der Waals surface area contributed by atoms with Gasteiger partial charge in [-0.25, -0.2) is 0 Å². The molecule has 1 aliphatic rings. The standard InChI is InChI=1S/C20H23NO4/c1-4-24-20-10-15(11-22)5-8-19(20)25-12-18(23)17-9-13(2)21(14(17)3)16-6-7-16/h5,8-11,16H,4,6-7,12H2,1-3H3. The van der Waals surface area contributed by atoms with Gasteiger partial charge in [-0.2, -0.15) is 0 Å². The molecule has 132 valence electrons. The van der Waals surface area contributed by atoms with Gasteiger partial charge in [-0.3, -0.25) is 9.59 Å². The Morgan fingerprint density at radius 3 is 2.60 bits per heavy atom. The fourth-order valence-electron chi connectivity index (χ4n) is 3.16. The maximum Gasteiger partial charge on any atom is 0.202 e. The van der Waals surface area contributed by atoms with Crippen molar-refractivity contribution in [2.45, 2.75) is 39.7 Å². The van der Waals surface area contributed by atoms with Gasteiger partial charge in [0.15, 0.2) is 18.1 Å². The Morgan fingerprint density at radius 1 is 1.20 bits per heavy atom. The lowest BCUT2D eigenvalue weighted by atomic mass is 10.1. The molecule has 0 saturated heterocycles. The summed E-state index contributed by atoms with van der Waals surface area (Å²) in [5, 5.41) is 0. The third-order valence-corrected chi connectivity index (χ3v) is 4.46. The van der Waals surface area contributed by atoms with Crippen molar-refractivity contribution in [1.82, 2.24) is 4.57 Å². The van der Waals surface area contributed by atoms with Crippen molar-refractivity contribution in [2.75, 3.05) is 13.2 Å². The highest BCUT2D eigenvalue weighted by molar-refractivity contribution is 5.98. The van der Waals surface area contributed by atoms with E-state index in [9.17, 15) is 9.59 Å². The van der Waals surface area contributed by atoms with Crippen LogP contribution in [0.25, 0.3) is 0 Å². The zero-order chi connectivity index (χ0) is 18.0. The first kappa shape index (κ1) is 17.3. The summed E-state index contributed by atoms with van der Waals surface area (Å²) in [6.07, 6.45) is 3.12. The first-order valence-corrected chi connectivity index (χ1v) is 8.61. The summed E-state index contributed by atoms with van der Waals surface area (Å²) in [5.41, 5.74) is 3.35. The van der Waals surface area contributed by atoms with Gasteiger partial charge in [0.25, 0.3) is 0 Å². The smallest absolute Gasteiger partial charge is 0.202 e. The average molecular weight is 341 g/mol. The first-order chi connectivity index (χ1) is 12.0. The minimum atomic E-state index is -0.0600. The summed E-state index contributed by atoms with van der Waals surface area (Å²) >= 11 is 0. The summed E-state index contributed by atoms with van der Waals surface area (Å²) in [4.78, 5) is 23.5. The molecule has 0 spiro atoms. The Kier molecular flexibility index (Phi) is 4.93. The van der Waals surface area contributed by atoms with E-state index in [1.54, 1.807) is 18.2 Å². The summed E-state index contributed by atoms with van der Waals surface area (Å²) in [6, 6.07) is 7.42. The second-order valence-corrected chi connectivity index (χ2v) is 6.35. The van der Waals surface area contributed by atoms with Gasteiger partial charge < -0.3 is 14.0 Å². The van der Waals surface area contributed by atoms with Gasteiger partial charge in [0, 0.05) is 28.6 Å². The monoisotopic (exact) mass is 341 g/mol. The normalized spacial score (nSPS) is 13.6. The maximum atomic E-state index is 12.6. The second kappa shape index (κ2) is 7.13. The third kappa shape index (κ3) is 3.60. The molecule has 0 unspecified atom stereocenters. The Hall–Kier alpha value is -2.56. The van der Waals surface area contributed by atoms with Crippen LogP contribution in [0, 0.1) is 13.8 Å². The number of aromatic nitrogens is 1. The Morgan fingerprint density at radius 2 is 1.96 bits per heavy atom. The van der Waals surface area contributed by atoms with Gasteiger partial charge in [-0.1, -0.05) is 0 Å². The number of rotatable bonds is 8. The average Bonchev–Trinajstić information content (AvgIpc) is 3.38. The molecular formula is C20H23NO4. The van der Waals surface area contributed by atoms with Crippen LogP contribution in [-0.4, -0.2) is 29.9 Å². The predicted octanol–water partition coefficient (Wildman–Crippen LogP) is 3.91. The number of carbonyl (C=O) groups is 2. The number of benzene rings is 1. The lowest BCUT2D eigenvalue weighted by Crippen LogP contribution is -2.13. The lowest BCUT2D eigenvalue weighted by Gasteiger charge is -2.12. The Labute approximate surface area is 147 Å². The molecule has 5 nitrogen and oxygen atoms in total. The van der Waals surface area contributed by atoms with Crippen molar-refractivity contribution in [3.8, 4) is 11.5 Å². The lowest BCUT2D eigenvalue weighted by molar-refractivity contribution is 0.0917. The summed E-state index contributed by atoms with van der Waals surface area (Å²) in [5.74, 6) is 0.891. The zero-order valence-corrected chi connectivity index (χ0v) is 14.9. The van der Waals surface area contributed by atoms with E-state index in [-0.39, 0.29) is 12.4 Å². The minimum Gasteiger partial charge on any atom is -0.490 e. The van der Waals surface area contributed by atoms with Crippen molar-refractivity contribution >= 4 is 12.1 Å². The summed E-state index contributed by atoms with van der Waals surface area (Å²) in [6.45, 7) is 6.28. The first-order valence-electron chi connectivity index (χ1n) is 8.61. The molecule has 1 heterocycles. The van der Waals surface area contributed by atoms with Crippen LogP contribution in [0.5, 0.6) is 11.5 Å². The van der Waals surface area contributed by atoms with Gasteiger partial charge in [0.1, 0.15) is 6.29 Å². The van der Waals surface area contributed by atoms with Crippen molar-refractivity contribution in [3.63, 3.8) is 0 Å². The molecule has 2 aromatic rings. The van der Waals surface area contributed by atoms with Crippen molar-refractivity contribution in [2.24, 2.45) is 0 Å². The van der Waals surface area contributed by atoms with Gasteiger partial charge in [0.2, 0.25) is 5.78 Å². The number of carbonyl (C=O) groups excluding carboxylic acids is 2. The van der Waals surface area contributed by atoms with Gasteiger partial charge >= 0.3 is 0 Å². The van der Waals surface area contributed by atoms with E-state index < -0.39 is 0 Å². The van der Waals surface area contributed by atoms with Crippen LogP contribution in [0.3, 0.4) is 0 Å². The number of hydrogen-bond acceptors (Lipinski definition) is 4. The molecule has 0 N–H and O–H groups in total. The molecule has 1 saturated carbocycles.